The van der Waals surface area contributed by atoms with Crippen LogP contribution in [0.25, 0.3) is 87.6 Å². The second-order valence-electron chi connectivity index (χ2n) is 12.2. The summed E-state index contributed by atoms with van der Waals surface area (Å²) < 4.78 is 0. The van der Waals surface area contributed by atoms with E-state index >= 15 is 0 Å². The van der Waals surface area contributed by atoms with Crippen LogP contribution in [0.4, 0.5) is 0 Å². The standard InChI is InChI=1S/C46H30/c1-2-9-34(10-3-1)45-29-36-12-6-7-13-37(36)30-46(45)42-23-25-44-41(28-42)21-20-40-27-39(22-24-43(40)44)33-16-14-32(15-17-33)38-19-18-31-8-4-5-11-35(31)26-38/h1-30H. The van der Waals surface area contributed by atoms with Gasteiger partial charge in [0, 0.05) is 0 Å². The third-order valence-electron chi connectivity index (χ3n) is 9.42. The van der Waals surface area contributed by atoms with Crippen molar-refractivity contribution in [2.45, 2.75) is 0 Å². The fourth-order valence-corrected chi connectivity index (χ4v) is 6.98. The van der Waals surface area contributed by atoms with Crippen LogP contribution in [0.5, 0.6) is 0 Å². The molecular weight excluding hydrogens is 553 g/mol. The topological polar surface area (TPSA) is 0 Å². The van der Waals surface area contributed by atoms with Gasteiger partial charge in [-0.1, -0.05) is 152 Å². The highest BCUT2D eigenvalue weighted by Crippen LogP contribution is 2.38. The second kappa shape index (κ2) is 10.9. The van der Waals surface area contributed by atoms with E-state index in [1.165, 1.54) is 87.6 Å². The minimum atomic E-state index is 1.23. The highest BCUT2D eigenvalue weighted by atomic mass is 14.2. The average molecular weight is 583 g/mol. The van der Waals surface area contributed by atoms with E-state index in [0.717, 1.165) is 0 Å². The van der Waals surface area contributed by atoms with E-state index in [0.29, 0.717) is 0 Å². The molecule has 9 aromatic rings. The first-order valence-corrected chi connectivity index (χ1v) is 15.9. The van der Waals surface area contributed by atoms with Gasteiger partial charge in [0.15, 0.2) is 0 Å². The summed E-state index contributed by atoms with van der Waals surface area (Å²) in [7, 11) is 0. The molecule has 0 nitrogen and oxygen atoms in total. The Morgan fingerprint density at radius 3 is 1.20 bits per heavy atom. The first-order chi connectivity index (χ1) is 22.8. The van der Waals surface area contributed by atoms with Crippen molar-refractivity contribution < 1.29 is 0 Å². The van der Waals surface area contributed by atoms with Crippen LogP contribution in [0.2, 0.25) is 0 Å². The molecule has 0 aliphatic rings. The third kappa shape index (κ3) is 4.64. The molecule has 0 saturated heterocycles. The lowest BCUT2D eigenvalue weighted by molar-refractivity contribution is 1.61. The number of benzene rings is 9. The predicted octanol–water partition coefficient (Wildman–Crippen LogP) is 13.0. The Bertz CT molecular complexity index is 2560. The molecule has 0 N–H and O–H groups in total. The van der Waals surface area contributed by atoms with Gasteiger partial charge in [-0.05, 0) is 118 Å². The fraction of sp³-hybridized carbons (Fsp3) is 0. The molecule has 0 bridgehead atoms. The lowest BCUT2D eigenvalue weighted by Gasteiger charge is -2.14. The van der Waals surface area contributed by atoms with Gasteiger partial charge in [0.1, 0.15) is 0 Å². The SMILES string of the molecule is c1ccc(-c2cc3ccccc3cc2-c2ccc3c(ccc4cc(-c5ccc(-c6ccc7ccccc7c6)cc5)ccc43)c2)cc1. The number of rotatable bonds is 4. The van der Waals surface area contributed by atoms with Crippen molar-refractivity contribution in [2.24, 2.45) is 0 Å². The summed E-state index contributed by atoms with van der Waals surface area (Å²) in [6, 6.07) is 66.6. The van der Waals surface area contributed by atoms with E-state index in [9.17, 15) is 0 Å². The van der Waals surface area contributed by atoms with Gasteiger partial charge in [-0.15, -0.1) is 0 Å². The average Bonchev–Trinajstić information content (AvgIpc) is 3.14. The lowest BCUT2D eigenvalue weighted by Crippen LogP contribution is -1.88. The minimum absolute atomic E-state index is 1.23. The molecule has 0 fully saturated rings. The Morgan fingerprint density at radius 2 is 0.587 bits per heavy atom. The Morgan fingerprint density at radius 1 is 0.196 bits per heavy atom. The van der Waals surface area contributed by atoms with E-state index in [1.54, 1.807) is 0 Å². The highest BCUT2D eigenvalue weighted by Gasteiger charge is 2.12. The number of fused-ring (bicyclic) bond motifs is 5. The van der Waals surface area contributed by atoms with Gasteiger partial charge in [-0.3, -0.25) is 0 Å². The zero-order valence-corrected chi connectivity index (χ0v) is 25.3. The quantitative estimate of drug-likeness (QED) is 0.181. The van der Waals surface area contributed by atoms with E-state index in [4.69, 9.17) is 0 Å². The van der Waals surface area contributed by atoms with Crippen molar-refractivity contribution in [3.05, 3.63) is 182 Å². The molecule has 0 radical (unpaired) electrons. The van der Waals surface area contributed by atoms with Crippen LogP contribution in [-0.2, 0) is 0 Å². The van der Waals surface area contributed by atoms with Gasteiger partial charge in [0.05, 0.1) is 0 Å². The maximum absolute atomic E-state index is 2.35. The lowest BCUT2D eigenvalue weighted by atomic mass is 9.90. The van der Waals surface area contributed by atoms with Gasteiger partial charge >= 0.3 is 0 Å². The van der Waals surface area contributed by atoms with Crippen molar-refractivity contribution in [3.63, 3.8) is 0 Å². The van der Waals surface area contributed by atoms with Crippen LogP contribution in [-0.4, -0.2) is 0 Å². The summed E-state index contributed by atoms with van der Waals surface area (Å²) in [5, 5.41) is 10.1. The summed E-state index contributed by atoms with van der Waals surface area (Å²) in [5.74, 6) is 0. The van der Waals surface area contributed by atoms with Crippen LogP contribution in [0.15, 0.2) is 182 Å². The molecule has 214 valence electrons. The Labute approximate surface area is 268 Å². The zero-order chi connectivity index (χ0) is 30.5. The van der Waals surface area contributed by atoms with E-state index in [-0.39, 0.29) is 0 Å². The van der Waals surface area contributed by atoms with Gasteiger partial charge in [0.2, 0.25) is 0 Å². The van der Waals surface area contributed by atoms with Crippen LogP contribution in [0.1, 0.15) is 0 Å². The van der Waals surface area contributed by atoms with Crippen LogP contribution in [0.3, 0.4) is 0 Å². The molecule has 0 aliphatic carbocycles. The molecule has 0 aromatic heterocycles. The summed E-state index contributed by atoms with van der Waals surface area (Å²) >= 11 is 0. The molecule has 0 unspecified atom stereocenters. The maximum Gasteiger partial charge on any atom is -0.00988 e. The van der Waals surface area contributed by atoms with Crippen molar-refractivity contribution in [1.82, 2.24) is 0 Å². The van der Waals surface area contributed by atoms with Crippen molar-refractivity contribution in [2.75, 3.05) is 0 Å². The molecule has 0 spiro atoms. The Kier molecular flexibility index (Phi) is 6.25. The molecule has 0 amide bonds. The highest BCUT2D eigenvalue weighted by molar-refractivity contribution is 6.10. The van der Waals surface area contributed by atoms with E-state index < -0.39 is 0 Å². The molecule has 0 atom stereocenters. The monoisotopic (exact) mass is 582 g/mol. The van der Waals surface area contributed by atoms with Crippen molar-refractivity contribution >= 4 is 43.1 Å². The van der Waals surface area contributed by atoms with Crippen molar-refractivity contribution in [3.8, 4) is 44.5 Å². The normalized spacial score (nSPS) is 11.5. The van der Waals surface area contributed by atoms with Gasteiger partial charge in [-0.25, -0.2) is 0 Å². The second-order valence-corrected chi connectivity index (χ2v) is 12.2. The number of hydrogen-bond donors (Lipinski definition) is 0. The predicted molar refractivity (Wildman–Crippen MR) is 198 cm³/mol. The molecule has 9 aromatic carbocycles. The smallest absolute Gasteiger partial charge is 0.00988 e. The molecule has 9 rings (SSSR count). The number of hydrogen-bond acceptors (Lipinski definition) is 0. The molecule has 0 saturated carbocycles. The van der Waals surface area contributed by atoms with E-state index in [1.807, 2.05) is 0 Å². The molecule has 0 aliphatic heterocycles. The van der Waals surface area contributed by atoms with Crippen LogP contribution < -0.4 is 0 Å². The molecule has 0 heterocycles. The van der Waals surface area contributed by atoms with Crippen molar-refractivity contribution in [1.29, 1.82) is 0 Å². The van der Waals surface area contributed by atoms with Gasteiger partial charge in [-0.2, -0.15) is 0 Å². The summed E-state index contributed by atoms with van der Waals surface area (Å²) in [4.78, 5) is 0. The summed E-state index contributed by atoms with van der Waals surface area (Å²) in [6.07, 6.45) is 0. The minimum Gasteiger partial charge on any atom is -0.0622 e. The van der Waals surface area contributed by atoms with Gasteiger partial charge < -0.3 is 0 Å². The van der Waals surface area contributed by atoms with Gasteiger partial charge in [0.25, 0.3) is 0 Å². The fourth-order valence-electron chi connectivity index (χ4n) is 6.98. The third-order valence-corrected chi connectivity index (χ3v) is 9.42. The first-order valence-electron chi connectivity index (χ1n) is 15.9. The maximum atomic E-state index is 2.35. The summed E-state index contributed by atoms with van der Waals surface area (Å²) in [5.41, 5.74) is 9.93. The van der Waals surface area contributed by atoms with E-state index in [2.05, 4.69) is 182 Å². The largest absolute Gasteiger partial charge is 0.0622 e. The van der Waals surface area contributed by atoms with Crippen LogP contribution >= 0.6 is 0 Å². The molecule has 0 heteroatoms. The summed E-state index contributed by atoms with van der Waals surface area (Å²) in [6.45, 7) is 0. The molecular formula is C46H30. The first kappa shape index (κ1) is 26.4. The molecule has 46 heavy (non-hydrogen) atoms. The zero-order valence-electron chi connectivity index (χ0n) is 25.3. The van der Waals surface area contributed by atoms with Crippen LogP contribution in [0, 0.1) is 0 Å². The Hall–Kier alpha value is -5.98. The Balaban J connectivity index is 1.08.